The van der Waals surface area contributed by atoms with Gasteiger partial charge in [0.25, 0.3) is 0 Å². The Morgan fingerprint density at radius 3 is 2.45 bits per heavy atom. The van der Waals surface area contributed by atoms with Crippen molar-refractivity contribution in [3.05, 3.63) is 107 Å². The van der Waals surface area contributed by atoms with Crippen LogP contribution < -0.4 is 10.1 Å². The van der Waals surface area contributed by atoms with Crippen LogP contribution in [0.2, 0.25) is 0 Å². The van der Waals surface area contributed by atoms with E-state index in [0.717, 1.165) is 16.8 Å². The van der Waals surface area contributed by atoms with Crippen LogP contribution in [0.25, 0.3) is 23.0 Å². The molecule has 0 amide bonds. The van der Waals surface area contributed by atoms with E-state index in [-0.39, 0.29) is 6.42 Å². The Morgan fingerprint density at radius 1 is 1.11 bits per heavy atom. The molecule has 38 heavy (non-hydrogen) atoms. The predicted molar refractivity (Wildman–Crippen MR) is 151 cm³/mol. The van der Waals surface area contributed by atoms with E-state index in [1.165, 1.54) is 4.31 Å². The Kier molecular flexibility index (Phi) is 7.64. The number of nitrogens with one attached hydrogen (secondary N) is 1. The van der Waals surface area contributed by atoms with Crippen LogP contribution in [0, 0.1) is 0 Å². The van der Waals surface area contributed by atoms with E-state index in [1.807, 2.05) is 91.1 Å². The zero-order valence-corrected chi connectivity index (χ0v) is 22.2. The summed E-state index contributed by atoms with van der Waals surface area (Å²) in [4.78, 5) is 12.2. The largest absolute Gasteiger partial charge is 0.496 e. The molecule has 10 heteroatoms. The number of carboxylic acids is 1. The first-order valence-electron chi connectivity index (χ1n) is 11.9. The molecule has 0 saturated carbocycles. The third-order valence-electron chi connectivity index (χ3n) is 6.17. The molecule has 5 rings (SSSR count). The summed E-state index contributed by atoms with van der Waals surface area (Å²) in [7, 11) is -0.204. The van der Waals surface area contributed by atoms with E-state index in [4.69, 9.17) is 9.84 Å². The van der Waals surface area contributed by atoms with Crippen LogP contribution in [0.3, 0.4) is 0 Å². The van der Waals surface area contributed by atoms with Crippen LogP contribution in [-0.4, -0.2) is 48.0 Å². The van der Waals surface area contributed by atoms with Gasteiger partial charge in [0.15, 0.2) is 0 Å². The molecule has 1 fully saturated rings. The molecule has 0 bridgehead atoms. The quantitative estimate of drug-likeness (QED) is 0.285. The maximum Gasteiger partial charge on any atom is 0.322 e. The highest BCUT2D eigenvalue weighted by Crippen LogP contribution is 2.34. The van der Waals surface area contributed by atoms with Gasteiger partial charge >= 0.3 is 5.97 Å². The van der Waals surface area contributed by atoms with Crippen molar-refractivity contribution in [3.63, 3.8) is 0 Å². The zero-order chi connectivity index (χ0) is 26.6. The average Bonchev–Trinajstić information content (AvgIpc) is 3.48. The standard InChI is InChI=1S/C28H26N4O4S2/c1-36-24-15-9-8-14-22(24)26-20(18-31(30-26)21-12-6-3-7-13-21)17-25-29-28(37)32(38(25)35)23(27(33)34)16-19-10-4-2-5-11-19/h2-15,17-18,23,28-29,37H,16H2,1H3,(H,33,34)/b25-17-/t23-,28-,38?/m0/s1. The third-order valence-corrected chi connectivity index (χ3v) is 8.16. The predicted octanol–water partition coefficient (Wildman–Crippen LogP) is 4.32. The molecule has 8 nitrogen and oxygen atoms in total. The van der Waals surface area contributed by atoms with Gasteiger partial charge in [-0.05, 0) is 42.3 Å². The Hall–Kier alpha value is -3.86. The van der Waals surface area contributed by atoms with Crippen molar-refractivity contribution < 1.29 is 18.8 Å². The van der Waals surface area contributed by atoms with Crippen LogP contribution in [0.4, 0.5) is 0 Å². The minimum Gasteiger partial charge on any atom is -0.496 e. The second-order valence-corrected chi connectivity index (χ2v) is 10.4. The number of para-hydroxylation sites is 2. The summed E-state index contributed by atoms with van der Waals surface area (Å²) in [6, 6.07) is 25.4. The summed E-state index contributed by atoms with van der Waals surface area (Å²) < 4.78 is 22.3. The smallest absolute Gasteiger partial charge is 0.322 e. The number of hydrogen-bond donors (Lipinski definition) is 3. The summed E-state index contributed by atoms with van der Waals surface area (Å²) in [5.74, 6) is -0.427. The maximum absolute atomic E-state index is 13.6. The van der Waals surface area contributed by atoms with Crippen molar-refractivity contribution in [3.8, 4) is 22.7 Å². The number of aromatic nitrogens is 2. The molecule has 2 heterocycles. The molecule has 0 aliphatic carbocycles. The molecular weight excluding hydrogens is 520 g/mol. The lowest BCUT2D eigenvalue weighted by molar-refractivity contribution is -0.141. The molecule has 1 aliphatic heterocycles. The molecule has 0 spiro atoms. The van der Waals surface area contributed by atoms with Gasteiger partial charge in [0.2, 0.25) is 0 Å². The van der Waals surface area contributed by atoms with Gasteiger partial charge in [-0.15, -0.1) is 12.6 Å². The molecule has 1 aliphatic rings. The minimum absolute atomic E-state index is 0.187. The highest BCUT2D eigenvalue weighted by molar-refractivity contribution is 7.89. The van der Waals surface area contributed by atoms with E-state index >= 15 is 0 Å². The molecule has 2 N–H and O–H groups in total. The van der Waals surface area contributed by atoms with Crippen molar-refractivity contribution in [2.45, 2.75) is 18.0 Å². The van der Waals surface area contributed by atoms with Gasteiger partial charge in [-0.25, -0.2) is 8.89 Å². The zero-order valence-electron chi connectivity index (χ0n) is 20.5. The van der Waals surface area contributed by atoms with E-state index in [9.17, 15) is 14.1 Å². The van der Waals surface area contributed by atoms with Gasteiger partial charge in [-0.3, -0.25) is 4.79 Å². The van der Waals surface area contributed by atoms with Crippen LogP contribution in [0.1, 0.15) is 11.1 Å². The SMILES string of the molecule is COc1ccccc1-c1nn(-c2ccccc2)cc1/C=C1/N[C@H](S)N([C@@H](Cc2ccccc2)C(=O)O)S1=O. The lowest BCUT2D eigenvalue weighted by Gasteiger charge is -2.24. The van der Waals surface area contributed by atoms with Gasteiger partial charge < -0.3 is 15.2 Å². The number of rotatable bonds is 8. The first kappa shape index (κ1) is 25.8. The van der Waals surface area contributed by atoms with Crippen molar-refractivity contribution in [1.82, 2.24) is 19.4 Å². The fourth-order valence-corrected chi connectivity index (χ4v) is 6.29. The molecule has 3 atom stereocenters. The summed E-state index contributed by atoms with van der Waals surface area (Å²) in [6.07, 6.45) is 3.76. The number of carboxylic acid groups (broad SMARTS) is 1. The van der Waals surface area contributed by atoms with Crippen LogP contribution in [0.5, 0.6) is 5.75 Å². The van der Waals surface area contributed by atoms with Crippen molar-refractivity contribution in [2.75, 3.05) is 7.11 Å². The number of benzene rings is 3. The van der Waals surface area contributed by atoms with E-state index in [2.05, 4.69) is 17.9 Å². The van der Waals surface area contributed by atoms with Gasteiger partial charge in [0.05, 0.1) is 12.8 Å². The second-order valence-electron chi connectivity index (χ2n) is 8.59. The summed E-state index contributed by atoms with van der Waals surface area (Å²) in [6.45, 7) is 0. The second kappa shape index (κ2) is 11.3. The highest BCUT2D eigenvalue weighted by Gasteiger charge is 2.41. The number of hydrogen-bond acceptors (Lipinski definition) is 6. The molecular formula is C28H26N4O4S2. The van der Waals surface area contributed by atoms with Crippen molar-refractivity contribution in [2.24, 2.45) is 0 Å². The number of methoxy groups -OCH3 is 1. The lowest BCUT2D eigenvalue weighted by atomic mass is 10.1. The van der Waals surface area contributed by atoms with E-state index in [1.54, 1.807) is 17.9 Å². The van der Waals surface area contributed by atoms with E-state index in [0.29, 0.717) is 22.0 Å². The van der Waals surface area contributed by atoms with Crippen molar-refractivity contribution >= 4 is 35.7 Å². The number of nitrogens with zero attached hydrogens (tertiary/aromatic N) is 3. The number of aliphatic carboxylic acids is 1. The van der Waals surface area contributed by atoms with Crippen LogP contribution in [-0.2, 0) is 22.2 Å². The van der Waals surface area contributed by atoms with Crippen LogP contribution >= 0.6 is 12.6 Å². The van der Waals surface area contributed by atoms with Gasteiger partial charge in [-0.1, -0.05) is 60.7 Å². The third kappa shape index (κ3) is 5.24. The van der Waals surface area contributed by atoms with Gasteiger partial charge in [0, 0.05) is 17.3 Å². The topological polar surface area (TPSA) is 96.7 Å². The van der Waals surface area contributed by atoms with Gasteiger partial charge in [-0.2, -0.15) is 9.40 Å². The fraction of sp³-hybridized carbons (Fsp3) is 0.143. The first-order chi connectivity index (χ1) is 18.5. The molecule has 1 saturated heterocycles. The summed E-state index contributed by atoms with van der Waals surface area (Å²) in [5, 5.41) is 18.3. The molecule has 4 aromatic rings. The number of carbonyl (C=O) groups is 1. The molecule has 1 unspecified atom stereocenters. The Morgan fingerprint density at radius 2 is 1.76 bits per heavy atom. The Balaban J connectivity index is 1.54. The molecule has 1 aromatic heterocycles. The normalized spacial score (nSPS) is 19.3. The average molecular weight is 547 g/mol. The number of thiol groups is 1. The Labute approximate surface area is 228 Å². The van der Waals surface area contributed by atoms with Gasteiger partial charge in [0.1, 0.15) is 39.0 Å². The monoisotopic (exact) mass is 546 g/mol. The van der Waals surface area contributed by atoms with Crippen molar-refractivity contribution in [1.29, 1.82) is 0 Å². The van der Waals surface area contributed by atoms with Crippen LogP contribution in [0.15, 0.2) is 96.2 Å². The first-order valence-corrected chi connectivity index (χ1v) is 13.5. The minimum atomic E-state index is -1.80. The summed E-state index contributed by atoms with van der Waals surface area (Å²) in [5.41, 5.74) is 3.02. The molecule has 3 aromatic carbocycles. The molecule has 0 radical (unpaired) electrons. The summed E-state index contributed by atoms with van der Waals surface area (Å²) >= 11 is 4.54. The maximum atomic E-state index is 13.6. The lowest BCUT2D eigenvalue weighted by Crippen LogP contribution is -2.45. The molecule has 194 valence electrons. The highest BCUT2D eigenvalue weighted by atomic mass is 32.2. The number of ether oxygens (including phenoxy) is 1. The fourth-order valence-electron chi connectivity index (χ4n) is 4.34. The van der Waals surface area contributed by atoms with E-state index < -0.39 is 28.5 Å². The Bertz CT molecular complexity index is 1490.